The van der Waals surface area contributed by atoms with Crippen LogP contribution in [0.2, 0.25) is 5.15 Å². The van der Waals surface area contributed by atoms with Crippen LogP contribution in [0.1, 0.15) is 26.7 Å². The third-order valence-corrected chi connectivity index (χ3v) is 3.36. The molecular weight excluding hydrogens is 280 g/mol. The van der Waals surface area contributed by atoms with Gasteiger partial charge in [0, 0.05) is 18.7 Å². The topological polar surface area (TPSA) is 71.3 Å². The van der Waals surface area contributed by atoms with Crippen molar-refractivity contribution < 1.29 is 4.92 Å². The average Bonchev–Trinajstić information content (AvgIpc) is 2.37. The summed E-state index contributed by atoms with van der Waals surface area (Å²) in [6.45, 7) is 5.94. The average molecular weight is 301 g/mol. The van der Waals surface area contributed by atoms with Crippen LogP contribution in [0.15, 0.2) is 12.1 Å². The van der Waals surface area contributed by atoms with Crippen molar-refractivity contribution in [3.63, 3.8) is 0 Å². The molecule has 0 atom stereocenters. The van der Waals surface area contributed by atoms with Crippen molar-refractivity contribution in [3.05, 3.63) is 27.4 Å². The molecule has 0 saturated heterocycles. The van der Waals surface area contributed by atoms with Crippen LogP contribution in [0.3, 0.4) is 0 Å². The Morgan fingerprint density at radius 3 is 2.75 bits per heavy atom. The van der Waals surface area contributed by atoms with Crippen molar-refractivity contribution in [2.45, 2.75) is 32.7 Å². The van der Waals surface area contributed by atoms with E-state index in [1.807, 2.05) is 0 Å². The number of nitro groups is 1. The van der Waals surface area contributed by atoms with Gasteiger partial charge in [-0.3, -0.25) is 10.1 Å². The third-order valence-electron chi connectivity index (χ3n) is 3.15. The Kier molecular flexibility index (Phi) is 6.67. The number of anilines is 1. The van der Waals surface area contributed by atoms with Crippen LogP contribution in [0, 0.1) is 10.1 Å². The monoisotopic (exact) mass is 300 g/mol. The van der Waals surface area contributed by atoms with Crippen LogP contribution in [0.4, 0.5) is 11.5 Å². The molecular formula is C13H21ClN4O2. The highest BCUT2D eigenvalue weighted by Crippen LogP contribution is 2.23. The summed E-state index contributed by atoms with van der Waals surface area (Å²) in [6, 6.07) is 3.31. The molecule has 0 fully saturated rings. The molecule has 0 unspecified atom stereocenters. The highest BCUT2D eigenvalue weighted by Gasteiger charge is 2.15. The Balaban J connectivity index is 2.42. The van der Waals surface area contributed by atoms with Gasteiger partial charge < -0.3 is 10.2 Å². The minimum Gasteiger partial charge on any atom is -0.364 e. The molecule has 112 valence electrons. The van der Waals surface area contributed by atoms with Gasteiger partial charge >= 0.3 is 5.69 Å². The normalized spacial score (nSPS) is 11.1. The lowest BCUT2D eigenvalue weighted by Crippen LogP contribution is -2.27. The summed E-state index contributed by atoms with van der Waals surface area (Å²) < 4.78 is 0. The molecule has 7 heteroatoms. The SMILES string of the molecule is CC(C)N(C)CCCCNc1nc(Cl)ccc1[N+](=O)[O-]. The summed E-state index contributed by atoms with van der Waals surface area (Å²) in [4.78, 5) is 16.6. The Labute approximate surface area is 124 Å². The second-order valence-electron chi connectivity index (χ2n) is 4.97. The number of pyridine rings is 1. The molecule has 0 aromatic carbocycles. The number of rotatable bonds is 8. The summed E-state index contributed by atoms with van der Waals surface area (Å²) in [7, 11) is 2.08. The Hall–Kier alpha value is -1.40. The van der Waals surface area contributed by atoms with E-state index >= 15 is 0 Å². The standard InChI is InChI=1S/C13H21ClN4O2/c1-10(2)17(3)9-5-4-8-15-13-11(18(19)20)6-7-12(14)16-13/h6-7,10H,4-5,8-9H2,1-3H3,(H,15,16). The lowest BCUT2D eigenvalue weighted by Gasteiger charge is -2.20. The van der Waals surface area contributed by atoms with Crippen molar-refractivity contribution >= 4 is 23.1 Å². The molecule has 0 amide bonds. The van der Waals surface area contributed by atoms with Crippen molar-refractivity contribution in [1.29, 1.82) is 0 Å². The van der Waals surface area contributed by atoms with Gasteiger partial charge in [-0.1, -0.05) is 11.6 Å². The first-order valence-corrected chi connectivity index (χ1v) is 7.04. The number of hydrogen-bond acceptors (Lipinski definition) is 5. The second-order valence-corrected chi connectivity index (χ2v) is 5.35. The predicted molar refractivity (Wildman–Crippen MR) is 81.4 cm³/mol. The zero-order valence-corrected chi connectivity index (χ0v) is 12.9. The number of halogens is 1. The highest BCUT2D eigenvalue weighted by atomic mass is 35.5. The zero-order valence-electron chi connectivity index (χ0n) is 12.1. The first-order chi connectivity index (χ1) is 9.41. The van der Waals surface area contributed by atoms with E-state index in [9.17, 15) is 10.1 Å². The van der Waals surface area contributed by atoms with Crippen LogP contribution >= 0.6 is 11.6 Å². The van der Waals surface area contributed by atoms with E-state index in [0.717, 1.165) is 19.4 Å². The van der Waals surface area contributed by atoms with E-state index in [0.29, 0.717) is 12.6 Å². The molecule has 0 aliphatic carbocycles. The molecule has 0 spiro atoms. The number of aromatic nitrogens is 1. The van der Waals surface area contributed by atoms with Crippen LogP contribution < -0.4 is 5.32 Å². The van der Waals surface area contributed by atoms with Crippen molar-refractivity contribution in [2.24, 2.45) is 0 Å². The van der Waals surface area contributed by atoms with Crippen LogP contribution in [-0.4, -0.2) is 41.0 Å². The third kappa shape index (κ3) is 5.30. The van der Waals surface area contributed by atoms with Gasteiger partial charge in [0.1, 0.15) is 5.15 Å². The number of nitrogens with one attached hydrogen (secondary N) is 1. The van der Waals surface area contributed by atoms with E-state index < -0.39 is 4.92 Å². The fourth-order valence-electron chi connectivity index (χ4n) is 1.66. The van der Waals surface area contributed by atoms with Crippen molar-refractivity contribution in [3.8, 4) is 0 Å². The van der Waals surface area contributed by atoms with Gasteiger partial charge in [-0.25, -0.2) is 4.98 Å². The molecule has 0 radical (unpaired) electrons. The number of hydrogen-bond donors (Lipinski definition) is 1. The van der Waals surface area contributed by atoms with Crippen LogP contribution in [0.5, 0.6) is 0 Å². The molecule has 1 N–H and O–H groups in total. The zero-order chi connectivity index (χ0) is 15.1. The maximum absolute atomic E-state index is 10.9. The fourth-order valence-corrected chi connectivity index (χ4v) is 1.80. The molecule has 1 heterocycles. The molecule has 1 aromatic heterocycles. The van der Waals surface area contributed by atoms with Gasteiger partial charge in [0.05, 0.1) is 4.92 Å². The lowest BCUT2D eigenvalue weighted by atomic mass is 10.2. The van der Waals surface area contributed by atoms with Gasteiger partial charge in [-0.2, -0.15) is 0 Å². The number of unbranched alkanes of at least 4 members (excludes halogenated alkanes) is 1. The Morgan fingerprint density at radius 2 is 2.15 bits per heavy atom. The van der Waals surface area contributed by atoms with E-state index in [1.165, 1.54) is 12.1 Å². The minimum absolute atomic E-state index is 0.0475. The number of nitrogens with zero attached hydrogens (tertiary/aromatic N) is 3. The highest BCUT2D eigenvalue weighted by molar-refractivity contribution is 6.29. The summed E-state index contributed by atoms with van der Waals surface area (Å²) in [6.07, 6.45) is 1.94. The summed E-state index contributed by atoms with van der Waals surface area (Å²) in [5.41, 5.74) is -0.0475. The molecule has 0 aliphatic rings. The summed E-state index contributed by atoms with van der Waals surface area (Å²) in [5, 5.41) is 14.1. The molecule has 6 nitrogen and oxygen atoms in total. The first kappa shape index (κ1) is 16.7. The second kappa shape index (κ2) is 8.01. The molecule has 1 aromatic rings. The van der Waals surface area contributed by atoms with Crippen LogP contribution in [0.25, 0.3) is 0 Å². The van der Waals surface area contributed by atoms with Crippen molar-refractivity contribution in [2.75, 3.05) is 25.5 Å². The van der Waals surface area contributed by atoms with E-state index in [-0.39, 0.29) is 16.7 Å². The van der Waals surface area contributed by atoms with E-state index in [1.54, 1.807) is 0 Å². The quantitative estimate of drug-likeness (QED) is 0.345. The largest absolute Gasteiger partial charge is 0.364 e. The first-order valence-electron chi connectivity index (χ1n) is 6.67. The van der Waals surface area contributed by atoms with Gasteiger partial charge in [-0.05, 0) is 46.3 Å². The summed E-state index contributed by atoms with van der Waals surface area (Å²) in [5.74, 6) is 0.236. The van der Waals surface area contributed by atoms with Gasteiger partial charge in [0.15, 0.2) is 0 Å². The van der Waals surface area contributed by atoms with Crippen molar-refractivity contribution in [1.82, 2.24) is 9.88 Å². The van der Waals surface area contributed by atoms with E-state index in [2.05, 4.69) is 36.1 Å². The molecule has 20 heavy (non-hydrogen) atoms. The molecule has 0 bridgehead atoms. The maximum atomic E-state index is 10.9. The van der Waals surface area contributed by atoms with Gasteiger partial charge in [0.2, 0.25) is 5.82 Å². The molecule has 0 aliphatic heterocycles. The molecule has 1 rings (SSSR count). The minimum atomic E-state index is -0.460. The molecule has 0 saturated carbocycles. The maximum Gasteiger partial charge on any atom is 0.311 e. The van der Waals surface area contributed by atoms with Gasteiger partial charge in [-0.15, -0.1) is 0 Å². The Morgan fingerprint density at radius 1 is 1.45 bits per heavy atom. The van der Waals surface area contributed by atoms with Crippen LogP contribution in [-0.2, 0) is 0 Å². The Bertz CT molecular complexity index is 454. The predicted octanol–water partition coefficient (Wildman–Crippen LogP) is 3.18. The van der Waals surface area contributed by atoms with E-state index in [4.69, 9.17) is 11.6 Å². The lowest BCUT2D eigenvalue weighted by molar-refractivity contribution is -0.384. The fraction of sp³-hybridized carbons (Fsp3) is 0.615. The smallest absolute Gasteiger partial charge is 0.311 e. The summed E-state index contributed by atoms with van der Waals surface area (Å²) >= 11 is 5.76. The van der Waals surface area contributed by atoms with Gasteiger partial charge in [0.25, 0.3) is 0 Å².